The van der Waals surface area contributed by atoms with Crippen LogP contribution in [0.25, 0.3) is 17.7 Å². The van der Waals surface area contributed by atoms with Gasteiger partial charge in [0.05, 0.1) is 19.6 Å². The summed E-state index contributed by atoms with van der Waals surface area (Å²) in [5.74, 6) is 0.587. The summed E-state index contributed by atoms with van der Waals surface area (Å²) in [6, 6.07) is 15.1. The summed E-state index contributed by atoms with van der Waals surface area (Å²) in [5, 5.41) is 1.53. The van der Waals surface area contributed by atoms with Gasteiger partial charge in [0.15, 0.2) is 23.1 Å². The van der Waals surface area contributed by atoms with E-state index in [1.165, 1.54) is 32.7 Å². The van der Waals surface area contributed by atoms with E-state index in [-0.39, 0.29) is 29.1 Å². The zero-order valence-corrected chi connectivity index (χ0v) is 20.7. The van der Waals surface area contributed by atoms with E-state index >= 15 is 0 Å². The number of hydrogen-bond donors (Lipinski definition) is 1. The highest BCUT2D eigenvalue weighted by molar-refractivity contribution is 7.95. The monoisotopic (exact) mass is 525 g/mol. The molecule has 0 bridgehead atoms. The molecule has 2 aromatic carbocycles. The average molecular weight is 526 g/mol. The molecule has 0 aliphatic heterocycles. The van der Waals surface area contributed by atoms with Gasteiger partial charge in [-0.25, -0.2) is 23.4 Å². The van der Waals surface area contributed by atoms with E-state index < -0.39 is 10.0 Å². The molecular formula is C24H20ClN5O5S. The van der Waals surface area contributed by atoms with Crippen LogP contribution in [-0.4, -0.2) is 42.6 Å². The Morgan fingerprint density at radius 3 is 2.22 bits per heavy atom. The molecule has 0 spiro atoms. The second-order valence-electron chi connectivity index (χ2n) is 7.06. The molecule has 0 amide bonds. The number of benzene rings is 2. The van der Waals surface area contributed by atoms with Crippen molar-refractivity contribution in [2.75, 3.05) is 18.9 Å². The summed E-state index contributed by atoms with van der Waals surface area (Å²) in [6.45, 7) is 0. The van der Waals surface area contributed by atoms with E-state index in [1.54, 1.807) is 54.6 Å². The number of ether oxygens (including phenoxy) is 3. The van der Waals surface area contributed by atoms with Crippen LogP contribution in [0, 0.1) is 0 Å². The first kappa shape index (κ1) is 24.9. The molecule has 4 aromatic rings. The van der Waals surface area contributed by atoms with E-state index in [0.717, 1.165) is 5.41 Å². The average Bonchev–Trinajstić information content (AvgIpc) is 2.90. The van der Waals surface area contributed by atoms with Crippen LogP contribution in [0.5, 0.6) is 23.1 Å². The van der Waals surface area contributed by atoms with Gasteiger partial charge < -0.3 is 14.2 Å². The highest BCUT2D eigenvalue weighted by Crippen LogP contribution is 2.40. The molecule has 0 aliphatic carbocycles. The third-order valence-corrected chi connectivity index (χ3v) is 5.85. The first-order chi connectivity index (χ1) is 17.4. The van der Waals surface area contributed by atoms with Gasteiger partial charge in [0.2, 0.25) is 11.6 Å². The third kappa shape index (κ3) is 6.06. The first-order valence-electron chi connectivity index (χ1n) is 10.4. The van der Waals surface area contributed by atoms with Gasteiger partial charge in [0.25, 0.3) is 15.9 Å². The lowest BCUT2D eigenvalue weighted by Crippen LogP contribution is -2.13. The Morgan fingerprint density at radius 2 is 1.56 bits per heavy atom. The minimum atomic E-state index is -4.06. The standard InChI is InChI=1S/C24H20ClN5O5S/c1-33-18-6-3-4-7-19(18)35-20-21(28-23(29-24(20)34-2)22-26-13-5-14-27-22)30-36(31,32)15-12-16-8-10-17(25)11-9-16/h3-15H,1-2H3,(H,28,29,30). The fourth-order valence-corrected chi connectivity index (χ4v) is 3.91. The van der Waals surface area contributed by atoms with Gasteiger partial charge in [-0.3, -0.25) is 4.72 Å². The van der Waals surface area contributed by atoms with Crippen molar-refractivity contribution in [3.63, 3.8) is 0 Å². The quantitative estimate of drug-likeness (QED) is 0.327. The molecule has 0 radical (unpaired) electrons. The summed E-state index contributed by atoms with van der Waals surface area (Å²) in [4.78, 5) is 16.9. The molecule has 0 saturated heterocycles. The molecule has 4 rings (SSSR count). The number of aromatic nitrogens is 4. The van der Waals surface area contributed by atoms with Crippen molar-refractivity contribution >= 4 is 33.5 Å². The van der Waals surface area contributed by atoms with Gasteiger partial charge >= 0.3 is 0 Å². The van der Waals surface area contributed by atoms with Crippen LogP contribution >= 0.6 is 11.6 Å². The number of nitrogens with zero attached hydrogens (tertiary/aromatic N) is 4. The maximum absolute atomic E-state index is 13.0. The van der Waals surface area contributed by atoms with Crippen LogP contribution in [-0.2, 0) is 10.0 Å². The molecule has 184 valence electrons. The number of halogens is 1. The van der Waals surface area contributed by atoms with Crippen molar-refractivity contribution in [2.24, 2.45) is 0 Å². The lowest BCUT2D eigenvalue weighted by molar-refractivity contribution is 0.348. The fraction of sp³-hybridized carbons (Fsp3) is 0.0833. The van der Waals surface area contributed by atoms with Crippen LogP contribution in [0.3, 0.4) is 0 Å². The largest absolute Gasteiger partial charge is 0.493 e. The SMILES string of the molecule is COc1ccccc1Oc1c(NS(=O)(=O)C=Cc2ccc(Cl)cc2)nc(-c2ncccn2)nc1OC. The molecule has 2 heterocycles. The maximum atomic E-state index is 13.0. The minimum absolute atomic E-state index is 0.0270. The molecule has 2 aromatic heterocycles. The molecule has 0 unspecified atom stereocenters. The molecule has 0 atom stereocenters. The summed E-state index contributed by atoms with van der Waals surface area (Å²) in [5.41, 5.74) is 0.633. The lowest BCUT2D eigenvalue weighted by Gasteiger charge is -2.16. The van der Waals surface area contributed by atoms with Crippen molar-refractivity contribution in [1.82, 2.24) is 19.9 Å². The normalized spacial score (nSPS) is 11.3. The smallest absolute Gasteiger partial charge is 0.263 e. The number of rotatable bonds is 9. The van der Waals surface area contributed by atoms with Crippen molar-refractivity contribution in [1.29, 1.82) is 0 Å². The van der Waals surface area contributed by atoms with E-state index in [9.17, 15) is 8.42 Å². The van der Waals surface area contributed by atoms with Gasteiger partial charge in [-0.15, -0.1) is 0 Å². The highest BCUT2D eigenvalue weighted by Gasteiger charge is 2.23. The van der Waals surface area contributed by atoms with Gasteiger partial charge in [0.1, 0.15) is 0 Å². The van der Waals surface area contributed by atoms with Gasteiger partial charge in [-0.05, 0) is 42.0 Å². The number of anilines is 1. The van der Waals surface area contributed by atoms with Crippen molar-refractivity contribution in [3.8, 4) is 34.8 Å². The maximum Gasteiger partial charge on any atom is 0.263 e. The number of hydrogen-bond acceptors (Lipinski definition) is 9. The van der Waals surface area contributed by atoms with Crippen LogP contribution in [0.4, 0.5) is 5.82 Å². The molecule has 10 nitrogen and oxygen atoms in total. The lowest BCUT2D eigenvalue weighted by atomic mass is 10.2. The summed E-state index contributed by atoms with van der Waals surface area (Å²) in [6.07, 6.45) is 4.44. The zero-order valence-electron chi connectivity index (χ0n) is 19.1. The second kappa shape index (κ2) is 11.0. The Bertz CT molecular complexity index is 1480. The molecular weight excluding hydrogens is 506 g/mol. The summed E-state index contributed by atoms with van der Waals surface area (Å²) >= 11 is 5.89. The van der Waals surface area contributed by atoms with Crippen LogP contribution < -0.4 is 18.9 Å². The molecule has 1 N–H and O–H groups in total. The zero-order chi connectivity index (χ0) is 25.5. The highest BCUT2D eigenvalue weighted by atomic mass is 35.5. The van der Waals surface area contributed by atoms with E-state index in [4.69, 9.17) is 25.8 Å². The third-order valence-electron chi connectivity index (χ3n) is 4.62. The Kier molecular flexibility index (Phi) is 7.62. The number of nitrogens with one attached hydrogen (secondary N) is 1. The number of methoxy groups -OCH3 is 2. The molecule has 36 heavy (non-hydrogen) atoms. The molecule has 0 saturated carbocycles. The molecule has 12 heteroatoms. The minimum Gasteiger partial charge on any atom is -0.493 e. The van der Waals surface area contributed by atoms with Crippen molar-refractivity contribution in [3.05, 3.63) is 83.0 Å². The molecule has 0 aliphatic rings. The molecule has 0 fully saturated rings. The van der Waals surface area contributed by atoms with E-state index in [1.807, 2.05) is 0 Å². The number of para-hydroxylation sites is 2. The van der Waals surface area contributed by atoms with Crippen molar-refractivity contribution < 1.29 is 22.6 Å². The van der Waals surface area contributed by atoms with Crippen molar-refractivity contribution in [2.45, 2.75) is 0 Å². The van der Waals surface area contributed by atoms with Gasteiger partial charge in [-0.1, -0.05) is 35.9 Å². The summed E-state index contributed by atoms with van der Waals surface area (Å²) in [7, 11) is -1.21. The Balaban J connectivity index is 1.78. The Labute approximate surface area is 212 Å². The van der Waals surface area contributed by atoms with Gasteiger partial charge in [0, 0.05) is 17.4 Å². The van der Waals surface area contributed by atoms with E-state index in [0.29, 0.717) is 22.1 Å². The van der Waals surface area contributed by atoms with Crippen LogP contribution in [0.2, 0.25) is 5.02 Å². The second-order valence-corrected chi connectivity index (χ2v) is 9.06. The predicted molar refractivity (Wildman–Crippen MR) is 136 cm³/mol. The number of sulfonamides is 1. The first-order valence-corrected chi connectivity index (χ1v) is 12.3. The summed E-state index contributed by atoms with van der Waals surface area (Å²) < 4.78 is 45.1. The predicted octanol–water partition coefficient (Wildman–Crippen LogP) is 4.81. The Hall–Kier alpha value is -4.22. The van der Waals surface area contributed by atoms with Gasteiger partial charge in [-0.2, -0.15) is 4.98 Å². The Morgan fingerprint density at radius 1 is 0.861 bits per heavy atom. The topological polar surface area (TPSA) is 125 Å². The van der Waals surface area contributed by atoms with Crippen LogP contribution in [0.15, 0.2) is 72.4 Å². The van der Waals surface area contributed by atoms with E-state index in [2.05, 4.69) is 24.7 Å². The fourth-order valence-electron chi connectivity index (χ4n) is 2.97. The van der Waals surface area contributed by atoms with Crippen LogP contribution in [0.1, 0.15) is 5.56 Å².